The lowest BCUT2D eigenvalue weighted by molar-refractivity contribution is 0.623. The summed E-state index contributed by atoms with van der Waals surface area (Å²) in [4.78, 5) is 0. The number of benzene rings is 2. The highest BCUT2D eigenvalue weighted by Crippen LogP contribution is 2.12. The Balaban J connectivity index is 1.83. The molecule has 5 heteroatoms. The average Bonchev–Trinajstić information content (AvgIpc) is 2.47. The van der Waals surface area contributed by atoms with Gasteiger partial charge in [-0.25, -0.2) is 8.78 Å². The number of halogens is 2. The molecular weight excluding hydrogens is 290 g/mol. The minimum atomic E-state index is -0.261. The third-order valence-corrected chi connectivity index (χ3v) is 3.35. The molecule has 2 aromatic carbocycles. The first-order valence-corrected chi connectivity index (χ1v) is 6.99. The molecule has 0 bridgehead atoms. The minimum Gasteiger partial charge on any atom is -0.359 e. The van der Waals surface area contributed by atoms with Gasteiger partial charge in [0.1, 0.15) is 11.6 Å². The summed E-state index contributed by atoms with van der Waals surface area (Å²) in [6.45, 7) is 2.46. The molecule has 0 unspecified atom stereocenters. The highest BCUT2D eigenvalue weighted by atomic mass is 32.1. The number of rotatable bonds is 4. The van der Waals surface area contributed by atoms with Gasteiger partial charge in [0.05, 0.1) is 6.04 Å². The van der Waals surface area contributed by atoms with E-state index < -0.39 is 0 Å². The third kappa shape index (κ3) is 4.79. The van der Waals surface area contributed by atoms with Crippen LogP contribution in [0.1, 0.15) is 24.1 Å². The second-order valence-electron chi connectivity index (χ2n) is 4.73. The molecule has 0 heterocycles. The van der Waals surface area contributed by atoms with Gasteiger partial charge in [-0.15, -0.1) is 0 Å². The van der Waals surface area contributed by atoms with Crippen LogP contribution in [0, 0.1) is 11.6 Å². The normalized spacial score (nSPS) is 11.8. The van der Waals surface area contributed by atoms with Crippen molar-refractivity contribution < 1.29 is 8.78 Å². The van der Waals surface area contributed by atoms with E-state index in [9.17, 15) is 8.78 Å². The molecule has 0 aliphatic rings. The van der Waals surface area contributed by atoms with Gasteiger partial charge in [-0.3, -0.25) is 0 Å². The van der Waals surface area contributed by atoms with E-state index in [0.717, 1.165) is 11.1 Å². The fraction of sp³-hybridized carbons (Fsp3) is 0.188. The lowest BCUT2D eigenvalue weighted by Crippen LogP contribution is -2.36. The van der Waals surface area contributed by atoms with Crippen LogP contribution in [0.2, 0.25) is 0 Å². The highest BCUT2D eigenvalue weighted by Gasteiger charge is 2.07. The van der Waals surface area contributed by atoms with E-state index in [4.69, 9.17) is 12.2 Å². The highest BCUT2D eigenvalue weighted by molar-refractivity contribution is 7.80. The smallest absolute Gasteiger partial charge is 0.167 e. The third-order valence-electron chi connectivity index (χ3n) is 3.08. The van der Waals surface area contributed by atoms with E-state index in [1.54, 1.807) is 24.3 Å². The molecule has 0 aromatic heterocycles. The van der Waals surface area contributed by atoms with Crippen LogP contribution < -0.4 is 10.6 Å². The van der Waals surface area contributed by atoms with Gasteiger partial charge in [0.15, 0.2) is 5.11 Å². The van der Waals surface area contributed by atoms with Crippen molar-refractivity contribution in [1.82, 2.24) is 10.6 Å². The van der Waals surface area contributed by atoms with Gasteiger partial charge in [-0.05, 0) is 54.5 Å². The fourth-order valence-corrected chi connectivity index (χ4v) is 2.12. The van der Waals surface area contributed by atoms with Crippen molar-refractivity contribution in [3.63, 3.8) is 0 Å². The molecule has 0 fully saturated rings. The second-order valence-corrected chi connectivity index (χ2v) is 5.13. The molecule has 2 nitrogen and oxygen atoms in total. The number of nitrogens with one attached hydrogen (secondary N) is 2. The second kappa shape index (κ2) is 7.13. The molecule has 1 atom stereocenters. The van der Waals surface area contributed by atoms with Gasteiger partial charge in [0, 0.05) is 6.54 Å². The maximum absolute atomic E-state index is 12.9. The molecule has 0 spiro atoms. The Morgan fingerprint density at radius 3 is 2.10 bits per heavy atom. The molecule has 110 valence electrons. The van der Waals surface area contributed by atoms with Gasteiger partial charge in [0.25, 0.3) is 0 Å². The molecule has 0 aliphatic heterocycles. The van der Waals surface area contributed by atoms with Crippen LogP contribution in [-0.2, 0) is 6.54 Å². The molecule has 21 heavy (non-hydrogen) atoms. The fourth-order valence-electron chi connectivity index (χ4n) is 1.87. The molecular formula is C16H16F2N2S. The first-order chi connectivity index (χ1) is 10.0. The van der Waals surface area contributed by atoms with Gasteiger partial charge in [0.2, 0.25) is 0 Å². The standard InChI is InChI=1S/C16H16F2N2S/c1-11(13-4-8-15(18)9-5-13)20-16(21)19-10-12-2-6-14(17)7-3-12/h2-9,11H,10H2,1H3,(H2,19,20,21)/t11-/m1/s1. The Kier molecular flexibility index (Phi) is 5.22. The summed E-state index contributed by atoms with van der Waals surface area (Å²) >= 11 is 5.21. The van der Waals surface area contributed by atoms with Gasteiger partial charge < -0.3 is 10.6 Å². The monoisotopic (exact) mass is 306 g/mol. The van der Waals surface area contributed by atoms with Crippen molar-refractivity contribution in [2.24, 2.45) is 0 Å². The lowest BCUT2D eigenvalue weighted by atomic mass is 10.1. The number of hydrogen-bond acceptors (Lipinski definition) is 1. The van der Waals surface area contributed by atoms with Crippen molar-refractivity contribution in [2.45, 2.75) is 19.5 Å². The van der Waals surface area contributed by atoms with Crippen LogP contribution in [0.5, 0.6) is 0 Å². The first-order valence-electron chi connectivity index (χ1n) is 6.59. The molecule has 0 radical (unpaired) electrons. The Hall–Kier alpha value is -2.01. The zero-order valence-electron chi connectivity index (χ0n) is 11.6. The zero-order chi connectivity index (χ0) is 15.2. The maximum atomic E-state index is 12.9. The van der Waals surface area contributed by atoms with Crippen LogP contribution in [0.3, 0.4) is 0 Å². The summed E-state index contributed by atoms with van der Waals surface area (Å²) in [6, 6.07) is 12.5. The van der Waals surface area contributed by atoms with Crippen molar-refractivity contribution in [3.8, 4) is 0 Å². The first kappa shape index (κ1) is 15.4. The summed E-state index contributed by atoms with van der Waals surface area (Å²) in [6.07, 6.45) is 0. The maximum Gasteiger partial charge on any atom is 0.167 e. The Labute approximate surface area is 128 Å². The predicted octanol–water partition coefficient (Wildman–Crippen LogP) is 3.69. The van der Waals surface area contributed by atoms with Crippen molar-refractivity contribution in [3.05, 3.63) is 71.3 Å². The van der Waals surface area contributed by atoms with E-state index >= 15 is 0 Å². The summed E-state index contributed by atoms with van der Waals surface area (Å²) < 4.78 is 25.7. The largest absolute Gasteiger partial charge is 0.359 e. The van der Waals surface area contributed by atoms with Crippen molar-refractivity contribution in [1.29, 1.82) is 0 Å². The van der Waals surface area contributed by atoms with Crippen LogP contribution in [0.15, 0.2) is 48.5 Å². The van der Waals surface area contributed by atoms with Crippen LogP contribution in [0.4, 0.5) is 8.78 Å². The van der Waals surface area contributed by atoms with Crippen LogP contribution in [-0.4, -0.2) is 5.11 Å². The average molecular weight is 306 g/mol. The van der Waals surface area contributed by atoms with E-state index in [1.807, 2.05) is 6.92 Å². The quantitative estimate of drug-likeness (QED) is 0.843. The molecule has 2 rings (SSSR count). The summed E-state index contributed by atoms with van der Waals surface area (Å²) in [5.41, 5.74) is 1.89. The SMILES string of the molecule is C[C@@H](NC(=S)NCc1ccc(F)cc1)c1ccc(F)cc1. The summed E-state index contributed by atoms with van der Waals surface area (Å²) in [7, 11) is 0. The number of hydrogen-bond donors (Lipinski definition) is 2. The Morgan fingerprint density at radius 1 is 1.00 bits per heavy atom. The lowest BCUT2D eigenvalue weighted by Gasteiger charge is -2.17. The molecule has 0 aliphatic carbocycles. The van der Waals surface area contributed by atoms with Crippen molar-refractivity contribution in [2.75, 3.05) is 0 Å². The van der Waals surface area contributed by atoms with E-state index in [2.05, 4.69) is 10.6 Å². The van der Waals surface area contributed by atoms with E-state index in [-0.39, 0.29) is 17.7 Å². The summed E-state index contributed by atoms with van der Waals surface area (Å²) in [5, 5.41) is 6.67. The van der Waals surface area contributed by atoms with E-state index in [1.165, 1.54) is 24.3 Å². The topological polar surface area (TPSA) is 24.1 Å². The molecule has 0 amide bonds. The van der Waals surface area contributed by atoms with Gasteiger partial charge in [-0.2, -0.15) is 0 Å². The Morgan fingerprint density at radius 2 is 1.52 bits per heavy atom. The predicted molar refractivity (Wildman–Crippen MR) is 83.8 cm³/mol. The molecule has 2 N–H and O–H groups in total. The molecule has 0 saturated heterocycles. The van der Waals surface area contributed by atoms with Crippen LogP contribution >= 0.6 is 12.2 Å². The van der Waals surface area contributed by atoms with Gasteiger partial charge >= 0.3 is 0 Å². The number of thiocarbonyl (C=S) groups is 1. The minimum absolute atomic E-state index is 0.0289. The van der Waals surface area contributed by atoms with Gasteiger partial charge in [-0.1, -0.05) is 24.3 Å². The van der Waals surface area contributed by atoms with E-state index in [0.29, 0.717) is 11.7 Å². The molecule has 0 saturated carbocycles. The molecule has 2 aromatic rings. The van der Waals surface area contributed by atoms with Crippen LogP contribution in [0.25, 0.3) is 0 Å². The zero-order valence-corrected chi connectivity index (χ0v) is 12.4. The summed E-state index contributed by atoms with van der Waals surface area (Å²) in [5.74, 6) is -0.521. The van der Waals surface area contributed by atoms with Crippen molar-refractivity contribution >= 4 is 17.3 Å². The Bertz CT molecular complexity index is 597.